The minimum atomic E-state index is -0.824. The molecule has 2 atom stereocenters. The van der Waals surface area contributed by atoms with E-state index >= 15 is 0 Å². The van der Waals surface area contributed by atoms with Gasteiger partial charge in [0.15, 0.2) is 11.9 Å². The normalized spacial score (nSPS) is 30.0. The van der Waals surface area contributed by atoms with Crippen LogP contribution in [0.25, 0.3) is 0 Å². The Hall–Kier alpha value is -0.970. The molecule has 1 aromatic rings. The van der Waals surface area contributed by atoms with Crippen molar-refractivity contribution in [3.63, 3.8) is 0 Å². The number of carbonyl (C=O) groups is 1. The molecule has 0 aromatic carbocycles. The lowest BCUT2D eigenvalue weighted by Gasteiger charge is -2.37. The molecule has 2 unspecified atom stereocenters. The Morgan fingerprint density at radius 3 is 3.00 bits per heavy atom. The third-order valence-electron chi connectivity index (χ3n) is 4.21. The van der Waals surface area contributed by atoms with Crippen LogP contribution >= 0.6 is 11.3 Å². The molecule has 0 bridgehead atoms. The summed E-state index contributed by atoms with van der Waals surface area (Å²) in [7, 11) is 0. The molecule has 1 aliphatic carbocycles. The van der Waals surface area contributed by atoms with Gasteiger partial charge in [0.25, 0.3) is 0 Å². The average molecular weight is 306 g/mol. The number of hydrogen-bond donors (Lipinski definition) is 0. The molecule has 0 saturated carbocycles. The van der Waals surface area contributed by atoms with E-state index in [-0.39, 0.29) is 12.1 Å². The van der Waals surface area contributed by atoms with Gasteiger partial charge in [-0.05, 0) is 63.0 Å². The summed E-state index contributed by atoms with van der Waals surface area (Å²) in [5.41, 5.74) is 0.414. The van der Waals surface area contributed by atoms with E-state index in [4.69, 9.17) is 9.47 Å². The fourth-order valence-electron chi connectivity index (χ4n) is 3.15. The second kappa shape index (κ2) is 6.42. The highest BCUT2D eigenvalue weighted by Gasteiger charge is 2.42. The minimum Gasteiger partial charge on any atom is -0.353 e. The molecule has 1 fully saturated rings. The monoisotopic (exact) mass is 306 g/mol. The summed E-state index contributed by atoms with van der Waals surface area (Å²) in [5, 5.41) is 1.94. The topological polar surface area (TPSA) is 35.5 Å². The van der Waals surface area contributed by atoms with Crippen molar-refractivity contribution < 1.29 is 14.3 Å². The first-order valence-electron chi connectivity index (χ1n) is 7.76. The third-order valence-corrected chi connectivity index (χ3v) is 5.08. The lowest BCUT2D eigenvalue weighted by atomic mass is 9.83. The van der Waals surface area contributed by atoms with Crippen molar-refractivity contribution in [2.24, 2.45) is 0 Å². The predicted octanol–water partition coefficient (Wildman–Crippen LogP) is 4.34. The average Bonchev–Trinajstić information content (AvgIpc) is 3.01. The Morgan fingerprint density at radius 1 is 1.43 bits per heavy atom. The highest BCUT2D eigenvalue weighted by atomic mass is 32.1. The third kappa shape index (κ3) is 3.28. The van der Waals surface area contributed by atoms with Gasteiger partial charge >= 0.3 is 0 Å². The molecule has 1 aliphatic heterocycles. The van der Waals surface area contributed by atoms with Crippen LogP contribution in [-0.2, 0) is 9.47 Å². The number of rotatable bonds is 4. The summed E-state index contributed by atoms with van der Waals surface area (Å²) < 4.78 is 11.9. The van der Waals surface area contributed by atoms with E-state index in [2.05, 4.69) is 6.92 Å². The molecule has 3 nitrogen and oxygen atoms in total. The van der Waals surface area contributed by atoms with Crippen LogP contribution in [0.3, 0.4) is 0 Å². The maximum atomic E-state index is 13.0. The Morgan fingerprint density at radius 2 is 2.33 bits per heavy atom. The van der Waals surface area contributed by atoms with E-state index < -0.39 is 5.60 Å². The SMILES string of the molecule is CC1=CC(OC2CCCCO2)(C(=O)c2cccs2)CCC1. The van der Waals surface area contributed by atoms with Crippen LogP contribution in [0.1, 0.15) is 55.1 Å². The molecule has 4 heteroatoms. The molecule has 2 heterocycles. The zero-order valence-corrected chi connectivity index (χ0v) is 13.3. The van der Waals surface area contributed by atoms with Gasteiger partial charge < -0.3 is 9.47 Å². The van der Waals surface area contributed by atoms with E-state index in [0.717, 1.165) is 50.0 Å². The first-order valence-corrected chi connectivity index (χ1v) is 8.64. The Balaban J connectivity index is 1.87. The zero-order valence-electron chi connectivity index (χ0n) is 12.5. The number of thiophene rings is 1. The maximum Gasteiger partial charge on any atom is 0.208 e. The first-order chi connectivity index (χ1) is 10.2. The quantitative estimate of drug-likeness (QED) is 0.613. The molecule has 0 spiro atoms. The highest BCUT2D eigenvalue weighted by molar-refractivity contribution is 7.12. The van der Waals surface area contributed by atoms with Gasteiger partial charge in [0.2, 0.25) is 5.78 Å². The summed E-state index contributed by atoms with van der Waals surface area (Å²) in [6.45, 7) is 2.82. The Kier molecular flexibility index (Phi) is 4.57. The van der Waals surface area contributed by atoms with Crippen LogP contribution in [0, 0.1) is 0 Å². The fourth-order valence-corrected chi connectivity index (χ4v) is 3.89. The van der Waals surface area contributed by atoms with Crippen LogP contribution in [0.5, 0.6) is 0 Å². The molecule has 3 rings (SSSR count). The number of hydrogen-bond acceptors (Lipinski definition) is 4. The van der Waals surface area contributed by atoms with Crippen LogP contribution in [0.4, 0.5) is 0 Å². The van der Waals surface area contributed by atoms with Gasteiger partial charge in [-0.1, -0.05) is 11.6 Å². The summed E-state index contributed by atoms with van der Waals surface area (Å²) in [5.74, 6) is 0.0886. The molecule has 0 radical (unpaired) electrons. The van der Waals surface area contributed by atoms with Gasteiger partial charge in [-0.15, -0.1) is 11.3 Å². The van der Waals surface area contributed by atoms with E-state index in [1.165, 1.54) is 16.9 Å². The lowest BCUT2D eigenvalue weighted by molar-refractivity contribution is -0.200. The molecule has 1 aromatic heterocycles. The zero-order chi connectivity index (χ0) is 14.7. The van der Waals surface area contributed by atoms with Crippen molar-refractivity contribution in [3.8, 4) is 0 Å². The number of ether oxygens (including phenoxy) is 2. The number of ketones is 1. The second-order valence-electron chi connectivity index (χ2n) is 5.95. The van der Waals surface area contributed by atoms with Crippen LogP contribution < -0.4 is 0 Å². The van der Waals surface area contributed by atoms with Gasteiger partial charge in [0.1, 0.15) is 0 Å². The molecule has 0 amide bonds. The molecule has 21 heavy (non-hydrogen) atoms. The second-order valence-corrected chi connectivity index (χ2v) is 6.90. The van der Waals surface area contributed by atoms with E-state index in [1.807, 2.05) is 23.6 Å². The minimum absolute atomic E-state index is 0.0886. The van der Waals surface area contributed by atoms with Gasteiger partial charge in [-0.25, -0.2) is 0 Å². The van der Waals surface area contributed by atoms with E-state index in [9.17, 15) is 4.79 Å². The van der Waals surface area contributed by atoms with E-state index in [1.54, 1.807) is 0 Å². The standard InChI is InChI=1S/C17H22O3S/c1-13-6-4-9-17(12-13,16(18)14-7-5-11-21-14)20-15-8-2-3-10-19-15/h5,7,11-12,15H,2-4,6,8-10H2,1H3. The van der Waals surface area contributed by atoms with Gasteiger partial charge in [0, 0.05) is 6.61 Å². The van der Waals surface area contributed by atoms with Crippen molar-refractivity contribution in [3.05, 3.63) is 34.0 Å². The van der Waals surface area contributed by atoms with Crippen molar-refractivity contribution in [2.45, 2.75) is 57.3 Å². The largest absolute Gasteiger partial charge is 0.353 e. The Bertz CT molecular complexity index is 514. The van der Waals surface area contributed by atoms with E-state index in [0.29, 0.717) is 0 Å². The maximum absolute atomic E-state index is 13.0. The fraction of sp³-hybridized carbons (Fsp3) is 0.588. The predicted molar refractivity (Wildman–Crippen MR) is 83.7 cm³/mol. The lowest BCUT2D eigenvalue weighted by Crippen LogP contribution is -2.45. The summed E-state index contributed by atoms with van der Waals surface area (Å²) in [4.78, 5) is 13.8. The Labute approximate surface area is 130 Å². The summed E-state index contributed by atoms with van der Waals surface area (Å²) in [6, 6.07) is 3.81. The van der Waals surface area contributed by atoms with Crippen molar-refractivity contribution in [2.75, 3.05) is 6.61 Å². The first kappa shape index (κ1) is 14.9. The number of allylic oxidation sites excluding steroid dienone is 1. The number of Topliss-reactive ketones (excluding diaryl/α,β-unsaturated/α-hetero) is 1. The van der Waals surface area contributed by atoms with Crippen molar-refractivity contribution in [1.82, 2.24) is 0 Å². The van der Waals surface area contributed by atoms with Gasteiger partial charge in [-0.3, -0.25) is 4.79 Å². The molecule has 114 valence electrons. The van der Waals surface area contributed by atoms with Crippen LogP contribution in [0.2, 0.25) is 0 Å². The van der Waals surface area contributed by atoms with Crippen LogP contribution in [0.15, 0.2) is 29.2 Å². The van der Waals surface area contributed by atoms with Crippen molar-refractivity contribution in [1.29, 1.82) is 0 Å². The van der Waals surface area contributed by atoms with Gasteiger partial charge in [-0.2, -0.15) is 0 Å². The van der Waals surface area contributed by atoms with Crippen LogP contribution in [-0.4, -0.2) is 24.3 Å². The molecular formula is C17H22O3S. The van der Waals surface area contributed by atoms with Gasteiger partial charge in [0.05, 0.1) is 4.88 Å². The smallest absolute Gasteiger partial charge is 0.208 e. The number of carbonyl (C=O) groups excluding carboxylic acids is 1. The summed E-state index contributed by atoms with van der Waals surface area (Å²) >= 11 is 1.49. The summed E-state index contributed by atoms with van der Waals surface area (Å²) in [6.07, 6.45) is 7.66. The molecule has 2 aliphatic rings. The molecule has 0 N–H and O–H groups in total. The molecule has 1 saturated heterocycles. The van der Waals surface area contributed by atoms with Crippen molar-refractivity contribution >= 4 is 17.1 Å². The highest BCUT2D eigenvalue weighted by Crippen LogP contribution is 2.36. The molecular weight excluding hydrogens is 284 g/mol.